The number of nitrogens with zero attached hydrogens (tertiary/aromatic N) is 3. The van der Waals surface area contributed by atoms with Crippen molar-refractivity contribution in [1.82, 2.24) is 20.1 Å². The highest BCUT2D eigenvalue weighted by molar-refractivity contribution is 5.77. The topological polar surface area (TPSA) is 69.0 Å². The zero-order valence-electron chi connectivity index (χ0n) is 15.5. The molecule has 1 fully saturated rings. The molecule has 138 valence electrons. The summed E-state index contributed by atoms with van der Waals surface area (Å²) in [6.45, 7) is 5.05. The minimum atomic E-state index is -0.0618. The number of aryl methyl sites for hydroxylation is 3. The summed E-state index contributed by atoms with van der Waals surface area (Å²) in [6.07, 6.45) is 5.14. The quantitative estimate of drug-likeness (QED) is 0.896. The minimum absolute atomic E-state index is 0.0540. The Hall–Kier alpha value is -2.37. The van der Waals surface area contributed by atoms with Crippen LogP contribution in [0.4, 0.5) is 0 Å². The summed E-state index contributed by atoms with van der Waals surface area (Å²) in [4.78, 5) is 12.3. The third kappa shape index (κ3) is 3.74. The summed E-state index contributed by atoms with van der Waals surface area (Å²) in [7, 11) is 0. The van der Waals surface area contributed by atoms with Crippen LogP contribution in [0, 0.1) is 13.8 Å². The van der Waals surface area contributed by atoms with Crippen molar-refractivity contribution < 1.29 is 9.53 Å². The molecule has 1 N–H and O–H groups in total. The van der Waals surface area contributed by atoms with E-state index in [4.69, 9.17) is 4.74 Å². The first kappa shape index (κ1) is 17.1. The van der Waals surface area contributed by atoms with Crippen LogP contribution in [0.25, 0.3) is 0 Å². The van der Waals surface area contributed by atoms with Crippen molar-refractivity contribution in [2.45, 2.75) is 64.5 Å². The van der Waals surface area contributed by atoms with Crippen LogP contribution >= 0.6 is 0 Å². The van der Waals surface area contributed by atoms with Gasteiger partial charge in [0.05, 0.1) is 0 Å². The van der Waals surface area contributed by atoms with Gasteiger partial charge in [-0.3, -0.25) is 4.79 Å². The average molecular weight is 354 g/mol. The lowest BCUT2D eigenvalue weighted by molar-refractivity contribution is -0.123. The number of carbonyl (C=O) groups is 1. The molecule has 26 heavy (non-hydrogen) atoms. The number of ether oxygens (including phenoxy) is 1. The average Bonchev–Trinajstić information content (AvgIpc) is 3.42. The van der Waals surface area contributed by atoms with E-state index in [2.05, 4.69) is 27.0 Å². The van der Waals surface area contributed by atoms with Crippen LogP contribution in [0.2, 0.25) is 0 Å². The van der Waals surface area contributed by atoms with Gasteiger partial charge in [0, 0.05) is 24.9 Å². The summed E-state index contributed by atoms with van der Waals surface area (Å²) in [5.74, 6) is 3.49. The molecule has 4 rings (SSSR count). The number of hydrogen-bond acceptors (Lipinski definition) is 4. The van der Waals surface area contributed by atoms with E-state index in [0.29, 0.717) is 5.92 Å². The van der Waals surface area contributed by atoms with Crippen LogP contribution in [0.5, 0.6) is 5.75 Å². The van der Waals surface area contributed by atoms with Crippen molar-refractivity contribution in [2.24, 2.45) is 0 Å². The molecule has 1 aromatic carbocycles. The first-order valence-corrected chi connectivity index (χ1v) is 9.51. The molecule has 6 nitrogen and oxygen atoms in total. The predicted octanol–water partition coefficient (Wildman–Crippen LogP) is 2.67. The molecule has 1 aliphatic heterocycles. The largest absolute Gasteiger partial charge is 0.484 e. The summed E-state index contributed by atoms with van der Waals surface area (Å²) >= 11 is 0. The fourth-order valence-corrected chi connectivity index (χ4v) is 3.52. The molecule has 2 aromatic rings. The maximum absolute atomic E-state index is 12.3. The minimum Gasteiger partial charge on any atom is -0.484 e. The van der Waals surface area contributed by atoms with E-state index in [1.54, 1.807) is 0 Å². The van der Waals surface area contributed by atoms with Crippen LogP contribution in [0.1, 0.15) is 54.4 Å². The van der Waals surface area contributed by atoms with Gasteiger partial charge in [-0.2, -0.15) is 0 Å². The van der Waals surface area contributed by atoms with Gasteiger partial charge < -0.3 is 14.6 Å². The molecule has 0 spiro atoms. The van der Waals surface area contributed by atoms with Gasteiger partial charge >= 0.3 is 0 Å². The fraction of sp³-hybridized carbons (Fsp3) is 0.550. The third-order valence-corrected chi connectivity index (χ3v) is 5.43. The number of rotatable bonds is 5. The maximum atomic E-state index is 12.3. The normalized spacial score (nSPS) is 19.5. The number of amides is 1. The van der Waals surface area contributed by atoms with Crippen molar-refractivity contribution >= 4 is 5.91 Å². The summed E-state index contributed by atoms with van der Waals surface area (Å²) in [5, 5.41) is 11.8. The number of nitrogens with one attached hydrogen (secondary N) is 1. The Labute approximate surface area is 154 Å². The molecule has 1 aromatic heterocycles. The summed E-state index contributed by atoms with van der Waals surface area (Å²) in [5.41, 5.74) is 2.39. The second kappa shape index (κ2) is 7.09. The van der Waals surface area contributed by atoms with Crippen molar-refractivity contribution in [1.29, 1.82) is 0 Å². The van der Waals surface area contributed by atoms with Gasteiger partial charge in [0.25, 0.3) is 5.91 Å². The molecule has 1 unspecified atom stereocenters. The molecule has 2 aliphatic rings. The summed E-state index contributed by atoms with van der Waals surface area (Å²) < 4.78 is 7.92. The van der Waals surface area contributed by atoms with Gasteiger partial charge in [-0.05, 0) is 62.8 Å². The van der Waals surface area contributed by atoms with Gasteiger partial charge in [-0.15, -0.1) is 10.2 Å². The molecule has 1 amide bonds. The van der Waals surface area contributed by atoms with Crippen LogP contribution < -0.4 is 10.1 Å². The third-order valence-electron chi connectivity index (χ3n) is 5.43. The molecule has 0 bridgehead atoms. The van der Waals surface area contributed by atoms with Gasteiger partial charge in [0.1, 0.15) is 17.4 Å². The van der Waals surface area contributed by atoms with Crippen LogP contribution in [-0.2, 0) is 17.8 Å². The lowest BCUT2D eigenvalue weighted by Gasteiger charge is -2.16. The first-order valence-electron chi connectivity index (χ1n) is 9.51. The molecule has 1 atom stereocenters. The van der Waals surface area contributed by atoms with Gasteiger partial charge in [-0.1, -0.05) is 6.07 Å². The Morgan fingerprint density at radius 1 is 1.19 bits per heavy atom. The zero-order valence-corrected chi connectivity index (χ0v) is 15.5. The van der Waals surface area contributed by atoms with Crippen LogP contribution in [-0.4, -0.2) is 33.3 Å². The van der Waals surface area contributed by atoms with E-state index in [0.717, 1.165) is 43.2 Å². The van der Waals surface area contributed by atoms with Crippen molar-refractivity contribution in [3.05, 3.63) is 41.0 Å². The highest BCUT2D eigenvalue weighted by atomic mass is 16.5. The zero-order chi connectivity index (χ0) is 18.1. The number of hydrogen-bond donors (Lipinski definition) is 1. The molecule has 0 saturated heterocycles. The standard InChI is InChI=1S/C20H26N4O2/c1-13-3-7-17(11-14(13)2)26-12-19(25)21-16-6-8-18-22-23-20(15-4-5-15)24(18)10-9-16/h3,7,11,15-16H,4-6,8-10,12H2,1-2H3,(H,21,25). The van der Waals surface area contributed by atoms with Gasteiger partial charge in [0.15, 0.2) is 6.61 Å². The molecule has 1 aliphatic carbocycles. The van der Waals surface area contributed by atoms with Gasteiger partial charge in [0.2, 0.25) is 0 Å². The Kier molecular flexibility index (Phi) is 4.66. The maximum Gasteiger partial charge on any atom is 0.258 e. The van der Waals surface area contributed by atoms with E-state index in [1.165, 1.54) is 24.0 Å². The Morgan fingerprint density at radius 2 is 2.04 bits per heavy atom. The van der Waals surface area contributed by atoms with Crippen molar-refractivity contribution in [3.8, 4) is 5.75 Å². The van der Waals surface area contributed by atoms with E-state index < -0.39 is 0 Å². The SMILES string of the molecule is Cc1ccc(OCC(=O)NC2CCc3nnc(C4CC4)n3CC2)cc1C. The monoisotopic (exact) mass is 354 g/mol. The predicted molar refractivity (Wildman–Crippen MR) is 98.3 cm³/mol. The first-order chi connectivity index (χ1) is 12.6. The highest BCUT2D eigenvalue weighted by Gasteiger charge is 2.31. The van der Waals surface area contributed by atoms with E-state index >= 15 is 0 Å². The number of carbonyl (C=O) groups excluding carboxylic acids is 1. The lowest BCUT2D eigenvalue weighted by atomic mass is 10.1. The van der Waals surface area contributed by atoms with E-state index in [1.807, 2.05) is 25.1 Å². The molecule has 1 saturated carbocycles. The molecule has 6 heteroatoms. The van der Waals surface area contributed by atoms with Crippen molar-refractivity contribution in [3.63, 3.8) is 0 Å². The highest BCUT2D eigenvalue weighted by Crippen LogP contribution is 2.39. The molecule has 0 radical (unpaired) electrons. The Balaban J connectivity index is 1.29. The summed E-state index contributed by atoms with van der Waals surface area (Å²) in [6, 6.07) is 6.06. The number of aromatic nitrogens is 3. The lowest BCUT2D eigenvalue weighted by Crippen LogP contribution is -2.38. The Bertz CT molecular complexity index is 810. The number of benzene rings is 1. The second-order valence-electron chi connectivity index (χ2n) is 7.53. The molecular weight excluding hydrogens is 328 g/mol. The van der Waals surface area contributed by atoms with Gasteiger partial charge in [-0.25, -0.2) is 0 Å². The second-order valence-corrected chi connectivity index (χ2v) is 7.53. The van der Waals surface area contributed by atoms with E-state index in [-0.39, 0.29) is 18.6 Å². The van der Waals surface area contributed by atoms with Crippen molar-refractivity contribution in [2.75, 3.05) is 6.61 Å². The van der Waals surface area contributed by atoms with Crippen LogP contribution in [0.3, 0.4) is 0 Å². The fourth-order valence-electron chi connectivity index (χ4n) is 3.52. The Morgan fingerprint density at radius 3 is 2.81 bits per heavy atom. The number of fused-ring (bicyclic) bond motifs is 1. The van der Waals surface area contributed by atoms with Crippen LogP contribution in [0.15, 0.2) is 18.2 Å². The smallest absolute Gasteiger partial charge is 0.258 e. The molecule has 2 heterocycles. The molecular formula is C20H26N4O2. The van der Waals surface area contributed by atoms with E-state index in [9.17, 15) is 4.79 Å².